The average Bonchev–Trinajstić information content (AvgIpc) is 2.78. The molecule has 0 N–H and O–H groups in total. The van der Waals surface area contributed by atoms with E-state index in [2.05, 4.69) is 0 Å². The number of piperazine rings is 1. The number of benzene rings is 2. The number of nitrogens with zero attached hydrogens (tertiary/aromatic N) is 2. The number of halogens is 2. The van der Waals surface area contributed by atoms with Crippen LogP contribution in [0.1, 0.15) is 17.3 Å². The van der Waals surface area contributed by atoms with Crippen LogP contribution < -0.4 is 4.74 Å². The minimum Gasteiger partial charge on any atom is -0.490 e. The van der Waals surface area contributed by atoms with Crippen LogP contribution in [-0.4, -0.2) is 69.5 Å². The maximum absolute atomic E-state index is 14.0. The summed E-state index contributed by atoms with van der Waals surface area (Å²) in [4.78, 5) is 13.8. The molecule has 0 bridgehead atoms. The summed E-state index contributed by atoms with van der Waals surface area (Å²) in [7, 11) is -4.21. The highest BCUT2D eigenvalue weighted by atomic mass is 32.2. The van der Waals surface area contributed by atoms with Gasteiger partial charge in [0.05, 0.1) is 12.2 Å². The molecule has 31 heavy (non-hydrogen) atoms. The second-order valence-electron chi connectivity index (χ2n) is 6.81. The normalized spacial score (nSPS) is 15.1. The Morgan fingerprint density at radius 2 is 1.74 bits per heavy atom. The van der Waals surface area contributed by atoms with Crippen molar-refractivity contribution in [3.8, 4) is 5.75 Å². The van der Waals surface area contributed by atoms with Crippen molar-refractivity contribution in [1.29, 1.82) is 0 Å². The van der Waals surface area contributed by atoms with Gasteiger partial charge in [-0.05, 0) is 37.3 Å². The zero-order chi connectivity index (χ0) is 22.4. The number of rotatable bonds is 8. The highest BCUT2D eigenvalue weighted by molar-refractivity contribution is 7.89. The van der Waals surface area contributed by atoms with Crippen molar-refractivity contribution in [2.75, 3.05) is 46.0 Å². The molecule has 3 rings (SSSR count). The predicted octanol–water partition coefficient (Wildman–Crippen LogP) is 2.53. The molecule has 2 aromatic carbocycles. The number of ether oxygens (including phenoxy) is 2. The Hall–Kier alpha value is -2.56. The minimum atomic E-state index is -4.21. The smallest absolute Gasteiger partial charge is 0.257 e. The van der Waals surface area contributed by atoms with Gasteiger partial charge in [0, 0.05) is 32.8 Å². The van der Waals surface area contributed by atoms with Crippen LogP contribution in [0.2, 0.25) is 0 Å². The van der Waals surface area contributed by atoms with Crippen LogP contribution in [0.3, 0.4) is 0 Å². The lowest BCUT2D eigenvalue weighted by Crippen LogP contribution is -2.50. The van der Waals surface area contributed by atoms with E-state index < -0.39 is 26.6 Å². The quantitative estimate of drug-likeness (QED) is 0.573. The standard InChI is InChI=1S/C21H24F2N2O5S/c1-2-29-13-14-30-19-6-4-3-5-17(19)21(26)24-9-11-25(12-10-24)31(27,28)20-15-16(22)7-8-18(20)23/h3-8,15H,2,9-14H2,1H3. The third kappa shape index (κ3) is 5.38. The zero-order valence-electron chi connectivity index (χ0n) is 17.1. The fourth-order valence-corrected chi connectivity index (χ4v) is 4.74. The molecule has 0 atom stereocenters. The van der Waals surface area contributed by atoms with E-state index in [9.17, 15) is 22.0 Å². The lowest BCUT2D eigenvalue weighted by Gasteiger charge is -2.34. The van der Waals surface area contributed by atoms with Gasteiger partial charge in [0.1, 0.15) is 28.9 Å². The number of hydrogen-bond acceptors (Lipinski definition) is 5. The van der Waals surface area contributed by atoms with Crippen LogP contribution in [0.5, 0.6) is 5.75 Å². The number of para-hydroxylation sites is 1. The first kappa shape index (κ1) is 23.1. The number of amides is 1. The van der Waals surface area contributed by atoms with E-state index in [4.69, 9.17) is 9.47 Å². The first-order valence-corrected chi connectivity index (χ1v) is 11.3. The summed E-state index contributed by atoms with van der Waals surface area (Å²) in [6.07, 6.45) is 0. The van der Waals surface area contributed by atoms with Crippen LogP contribution in [0, 0.1) is 11.6 Å². The Kier molecular flexibility index (Phi) is 7.58. The van der Waals surface area contributed by atoms with Crippen molar-refractivity contribution in [2.24, 2.45) is 0 Å². The molecule has 0 aromatic heterocycles. The van der Waals surface area contributed by atoms with Crippen molar-refractivity contribution < 1.29 is 31.5 Å². The molecule has 1 saturated heterocycles. The summed E-state index contributed by atoms with van der Waals surface area (Å²) in [5.41, 5.74) is 0.367. The average molecular weight is 454 g/mol. The van der Waals surface area contributed by atoms with Crippen LogP contribution in [0.4, 0.5) is 8.78 Å². The van der Waals surface area contributed by atoms with Crippen LogP contribution >= 0.6 is 0 Å². The molecule has 2 aromatic rings. The van der Waals surface area contributed by atoms with Gasteiger partial charge < -0.3 is 14.4 Å². The Balaban J connectivity index is 1.67. The summed E-state index contributed by atoms with van der Waals surface area (Å²) < 4.78 is 64.8. The van der Waals surface area contributed by atoms with E-state index in [1.165, 1.54) is 4.90 Å². The molecule has 0 saturated carbocycles. The number of carbonyl (C=O) groups is 1. The van der Waals surface area contributed by atoms with Gasteiger partial charge in [0.2, 0.25) is 10.0 Å². The van der Waals surface area contributed by atoms with Gasteiger partial charge in [-0.25, -0.2) is 17.2 Å². The topological polar surface area (TPSA) is 76.2 Å². The SMILES string of the molecule is CCOCCOc1ccccc1C(=O)N1CCN(S(=O)(=O)c2cc(F)ccc2F)CC1. The first-order valence-electron chi connectivity index (χ1n) is 9.88. The van der Waals surface area contributed by atoms with Crippen molar-refractivity contribution in [3.63, 3.8) is 0 Å². The fraction of sp³-hybridized carbons (Fsp3) is 0.381. The molecule has 0 unspecified atom stereocenters. The summed E-state index contributed by atoms with van der Waals surface area (Å²) in [6, 6.07) is 9.11. The Morgan fingerprint density at radius 1 is 1.03 bits per heavy atom. The molecule has 1 heterocycles. The van der Waals surface area contributed by atoms with Gasteiger partial charge in [0.15, 0.2) is 0 Å². The van der Waals surface area contributed by atoms with E-state index in [1.807, 2.05) is 6.92 Å². The summed E-state index contributed by atoms with van der Waals surface area (Å²) in [5, 5.41) is 0. The second kappa shape index (κ2) is 10.2. The largest absolute Gasteiger partial charge is 0.490 e. The minimum absolute atomic E-state index is 0.0304. The number of sulfonamides is 1. The van der Waals surface area contributed by atoms with E-state index in [0.717, 1.165) is 16.4 Å². The van der Waals surface area contributed by atoms with Gasteiger partial charge in [0.25, 0.3) is 5.91 Å². The maximum Gasteiger partial charge on any atom is 0.257 e. The molecule has 1 aliphatic heterocycles. The van der Waals surface area contributed by atoms with Crippen molar-refractivity contribution in [3.05, 3.63) is 59.7 Å². The lowest BCUT2D eigenvalue weighted by molar-refractivity contribution is 0.0688. The van der Waals surface area contributed by atoms with Crippen LogP contribution in [0.15, 0.2) is 47.4 Å². The van der Waals surface area contributed by atoms with Crippen LogP contribution in [0.25, 0.3) is 0 Å². The summed E-state index contributed by atoms with van der Waals surface area (Å²) in [5.74, 6) is -1.72. The van der Waals surface area contributed by atoms with Gasteiger partial charge in [-0.1, -0.05) is 12.1 Å². The molecular weight excluding hydrogens is 430 g/mol. The van der Waals surface area contributed by atoms with Crippen molar-refractivity contribution in [1.82, 2.24) is 9.21 Å². The van der Waals surface area contributed by atoms with Crippen molar-refractivity contribution >= 4 is 15.9 Å². The maximum atomic E-state index is 14.0. The molecule has 0 spiro atoms. The molecule has 1 amide bonds. The molecule has 0 aliphatic carbocycles. The molecule has 0 radical (unpaired) electrons. The number of carbonyl (C=O) groups excluding carboxylic acids is 1. The number of hydrogen-bond donors (Lipinski definition) is 0. The highest BCUT2D eigenvalue weighted by Gasteiger charge is 2.33. The lowest BCUT2D eigenvalue weighted by atomic mass is 10.1. The molecule has 7 nitrogen and oxygen atoms in total. The van der Waals surface area contributed by atoms with Crippen molar-refractivity contribution in [2.45, 2.75) is 11.8 Å². The molecular formula is C21H24F2N2O5S. The summed E-state index contributed by atoms with van der Waals surface area (Å²) >= 11 is 0. The molecule has 168 valence electrons. The van der Waals surface area contributed by atoms with Crippen LogP contribution in [-0.2, 0) is 14.8 Å². The van der Waals surface area contributed by atoms with E-state index in [0.29, 0.717) is 37.2 Å². The fourth-order valence-electron chi connectivity index (χ4n) is 3.24. The van der Waals surface area contributed by atoms with Gasteiger partial charge in [-0.15, -0.1) is 0 Å². The second-order valence-corrected chi connectivity index (χ2v) is 8.72. The van der Waals surface area contributed by atoms with E-state index in [1.54, 1.807) is 24.3 Å². The Morgan fingerprint density at radius 3 is 2.45 bits per heavy atom. The molecule has 10 heteroatoms. The van der Waals surface area contributed by atoms with Gasteiger partial charge in [-0.3, -0.25) is 4.79 Å². The summed E-state index contributed by atoms with van der Waals surface area (Å²) in [6.45, 7) is 3.30. The highest BCUT2D eigenvalue weighted by Crippen LogP contribution is 2.24. The van der Waals surface area contributed by atoms with Gasteiger partial charge >= 0.3 is 0 Å². The van der Waals surface area contributed by atoms with E-state index in [-0.39, 0.29) is 32.1 Å². The monoisotopic (exact) mass is 454 g/mol. The Labute approximate surface area is 180 Å². The first-order chi connectivity index (χ1) is 14.8. The zero-order valence-corrected chi connectivity index (χ0v) is 17.9. The van der Waals surface area contributed by atoms with Gasteiger partial charge in [-0.2, -0.15) is 4.31 Å². The molecule has 1 fully saturated rings. The Bertz CT molecular complexity index is 1020. The molecule has 1 aliphatic rings. The predicted molar refractivity (Wildman–Crippen MR) is 109 cm³/mol. The van der Waals surface area contributed by atoms with E-state index >= 15 is 0 Å². The third-order valence-electron chi connectivity index (χ3n) is 4.84. The third-order valence-corrected chi connectivity index (χ3v) is 6.76.